The van der Waals surface area contributed by atoms with Crippen LogP contribution in [0.4, 0.5) is 11.4 Å². The maximum absolute atomic E-state index is 12.5. The van der Waals surface area contributed by atoms with Crippen molar-refractivity contribution < 1.29 is 8.42 Å². The summed E-state index contributed by atoms with van der Waals surface area (Å²) in [5.41, 5.74) is 9.20. The number of nitrogens with one attached hydrogen (secondary N) is 1. The average molecular weight is 308 g/mol. The van der Waals surface area contributed by atoms with Crippen LogP contribution in [0.3, 0.4) is 0 Å². The minimum atomic E-state index is -3.68. The zero-order chi connectivity index (χ0) is 15.8. The highest BCUT2D eigenvalue weighted by atomic mass is 32.2. The van der Waals surface area contributed by atoms with Crippen LogP contribution in [0.2, 0.25) is 0 Å². The third-order valence-corrected chi connectivity index (χ3v) is 4.90. The molecule has 0 aliphatic carbocycles. The number of sulfonamides is 1. The molecule has 0 saturated heterocycles. The summed E-state index contributed by atoms with van der Waals surface area (Å²) >= 11 is 0. The number of nitrogens with zero attached hydrogens (tertiary/aromatic N) is 2. The Balaban J connectivity index is 2.41. The molecule has 0 amide bonds. The van der Waals surface area contributed by atoms with Gasteiger partial charge < -0.3 is 5.73 Å². The first kappa shape index (κ1) is 15.4. The van der Waals surface area contributed by atoms with Crippen LogP contribution in [0.1, 0.15) is 23.9 Å². The normalized spacial score (nSPS) is 11.6. The fourth-order valence-corrected chi connectivity index (χ4v) is 3.39. The molecular formula is C14H20N4O2S. The van der Waals surface area contributed by atoms with Gasteiger partial charge >= 0.3 is 0 Å². The molecule has 6 nitrogen and oxygen atoms in total. The quantitative estimate of drug-likeness (QED) is 0.845. The molecule has 1 aromatic carbocycles. The maximum atomic E-state index is 12.5. The molecule has 2 aromatic rings. The second kappa shape index (κ2) is 5.40. The van der Waals surface area contributed by atoms with Crippen LogP contribution in [-0.4, -0.2) is 18.2 Å². The molecule has 0 fully saturated rings. The minimum absolute atomic E-state index is 0.153. The van der Waals surface area contributed by atoms with Crippen molar-refractivity contribution in [2.24, 2.45) is 7.05 Å². The topological polar surface area (TPSA) is 90.0 Å². The van der Waals surface area contributed by atoms with Crippen molar-refractivity contribution in [2.45, 2.75) is 32.1 Å². The maximum Gasteiger partial charge on any atom is 0.262 e. The number of benzene rings is 1. The first-order chi connectivity index (χ1) is 9.76. The van der Waals surface area contributed by atoms with Gasteiger partial charge in [-0.25, -0.2) is 8.42 Å². The third kappa shape index (κ3) is 2.87. The van der Waals surface area contributed by atoms with Crippen LogP contribution in [0.25, 0.3) is 0 Å². The van der Waals surface area contributed by atoms with E-state index in [2.05, 4.69) is 9.82 Å². The molecule has 1 heterocycles. The summed E-state index contributed by atoms with van der Waals surface area (Å²) in [6.45, 7) is 5.55. The second-order valence-corrected chi connectivity index (χ2v) is 6.67. The first-order valence-corrected chi connectivity index (χ1v) is 8.16. The molecule has 0 aliphatic heterocycles. The highest BCUT2D eigenvalue weighted by molar-refractivity contribution is 7.92. The highest BCUT2D eigenvalue weighted by Gasteiger charge is 2.19. The number of aryl methyl sites for hydroxylation is 3. The Morgan fingerprint density at radius 2 is 2.00 bits per heavy atom. The summed E-state index contributed by atoms with van der Waals surface area (Å²) in [5, 5.41) is 4.20. The molecule has 114 valence electrons. The van der Waals surface area contributed by atoms with Gasteiger partial charge in [-0.05, 0) is 38.0 Å². The Bertz CT molecular complexity index is 779. The zero-order valence-corrected chi connectivity index (χ0v) is 13.5. The first-order valence-electron chi connectivity index (χ1n) is 6.67. The summed E-state index contributed by atoms with van der Waals surface area (Å²) in [4.78, 5) is 0.153. The van der Waals surface area contributed by atoms with E-state index in [9.17, 15) is 8.42 Å². The van der Waals surface area contributed by atoms with Gasteiger partial charge in [0.15, 0.2) is 0 Å². The lowest BCUT2D eigenvalue weighted by molar-refractivity contribution is 0.601. The molecule has 0 saturated carbocycles. The van der Waals surface area contributed by atoms with E-state index in [0.29, 0.717) is 17.1 Å². The van der Waals surface area contributed by atoms with Crippen molar-refractivity contribution in [3.63, 3.8) is 0 Å². The van der Waals surface area contributed by atoms with E-state index in [1.165, 1.54) is 6.07 Å². The Kier molecular flexibility index (Phi) is 3.95. The van der Waals surface area contributed by atoms with Crippen molar-refractivity contribution in [3.05, 3.63) is 35.2 Å². The van der Waals surface area contributed by atoms with Gasteiger partial charge in [0.25, 0.3) is 10.0 Å². The summed E-state index contributed by atoms with van der Waals surface area (Å²) in [7, 11) is -1.90. The average Bonchev–Trinajstić information content (AvgIpc) is 2.65. The molecule has 0 unspecified atom stereocenters. The van der Waals surface area contributed by atoms with Crippen molar-refractivity contribution in [1.82, 2.24) is 9.78 Å². The van der Waals surface area contributed by atoms with Crippen molar-refractivity contribution in [2.75, 3.05) is 10.5 Å². The van der Waals surface area contributed by atoms with Gasteiger partial charge in [0.1, 0.15) is 0 Å². The summed E-state index contributed by atoms with van der Waals surface area (Å²) in [6, 6.07) is 4.80. The molecule has 3 N–H and O–H groups in total. The van der Waals surface area contributed by atoms with Crippen molar-refractivity contribution in [1.29, 1.82) is 0 Å². The lowest BCUT2D eigenvalue weighted by atomic mass is 10.1. The summed E-state index contributed by atoms with van der Waals surface area (Å²) in [5.74, 6) is 0. The predicted octanol–water partition coefficient (Wildman–Crippen LogP) is 1.98. The van der Waals surface area contributed by atoms with Crippen LogP contribution >= 0.6 is 0 Å². The number of nitrogen functional groups attached to an aromatic ring is 1. The highest BCUT2D eigenvalue weighted by Crippen LogP contribution is 2.24. The van der Waals surface area contributed by atoms with Crippen LogP contribution in [0.15, 0.2) is 23.1 Å². The zero-order valence-electron chi connectivity index (χ0n) is 12.6. The van der Waals surface area contributed by atoms with E-state index in [-0.39, 0.29) is 4.90 Å². The van der Waals surface area contributed by atoms with Gasteiger partial charge in [0.2, 0.25) is 0 Å². The fourth-order valence-electron chi connectivity index (χ4n) is 2.18. The second-order valence-electron chi connectivity index (χ2n) is 4.99. The molecule has 21 heavy (non-hydrogen) atoms. The van der Waals surface area contributed by atoms with Crippen LogP contribution in [0.5, 0.6) is 0 Å². The number of anilines is 2. The molecule has 1 aromatic heterocycles. The van der Waals surface area contributed by atoms with E-state index in [1.807, 2.05) is 13.8 Å². The van der Waals surface area contributed by atoms with Gasteiger partial charge in [0.05, 0.1) is 22.0 Å². The van der Waals surface area contributed by atoms with E-state index >= 15 is 0 Å². The molecule has 0 spiro atoms. The molecular weight excluding hydrogens is 288 g/mol. The molecule has 0 radical (unpaired) electrons. The third-order valence-electron chi connectivity index (χ3n) is 3.55. The Morgan fingerprint density at radius 1 is 1.33 bits per heavy atom. The Morgan fingerprint density at radius 3 is 2.48 bits per heavy atom. The summed E-state index contributed by atoms with van der Waals surface area (Å²) in [6.07, 6.45) is 0.764. The van der Waals surface area contributed by atoms with Crippen molar-refractivity contribution in [3.8, 4) is 0 Å². The number of hydrogen-bond donors (Lipinski definition) is 2. The van der Waals surface area contributed by atoms with Gasteiger partial charge in [0, 0.05) is 12.7 Å². The van der Waals surface area contributed by atoms with Gasteiger partial charge in [-0.2, -0.15) is 5.10 Å². The van der Waals surface area contributed by atoms with Crippen LogP contribution < -0.4 is 10.5 Å². The number of nitrogens with two attached hydrogens (primary N) is 1. The monoisotopic (exact) mass is 308 g/mol. The number of rotatable bonds is 4. The lowest BCUT2D eigenvalue weighted by Crippen LogP contribution is -2.14. The van der Waals surface area contributed by atoms with E-state index in [1.54, 1.807) is 30.8 Å². The van der Waals surface area contributed by atoms with Crippen LogP contribution in [0, 0.1) is 13.8 Å². The minimum Gasteiger partial charge on any atom is -0.398 e. The van der Waals surface area contributed by atoms with Gasteiger partial charge in [-0.3, -0.25) is 9.40 Å². The lowest BCUT2D eigenvalue weighted by Gasteiger charge is -2.10. The predicted molar refractivity (Wildman–Crippen MR) is 83.7 cm³/mol. The molecule has 7 heteroatoms. The number of hydrogen-bond acceptors (Lipinski definition) is 4. The smallest absolute Gasteiger partial charge is 0.262 e. The molecule has 2 rings (SSSR count). The SMILES string of the molecule is CCc1ccc(S(=O)(=O)Nc2c(C)nn(C)c2C)cc1N. The van der Waals surface area contributed by atoms with Crippen molar-refractivity contribution >= 4 is 21.4 Å². The van der Waals surface area contributed by atoms with Crippen LogP contribution in [-0.2, 0) is 23.5 Å². The van der Waals surface area contributed by atoms with Gasteiger partial charge in [-0.15, -0.1) is 0 Å². The molecule has 0 bridgehead atoms. The molecule has 0 aliphatic rings. The summed E-state index contributed by atoms with van der Waals surface area (Å²) < 4.78 is 29.2. The van der Waals surface area contributed by atoms with E-state index in [0.717, 1.165) is 17.7 Å². The Labute approximate surface area is 125 Å². The standard InChI is InChI=1S/C14H20N4O2S/c1-5-11-6-7-12(8-13(11)15)21(19,20)17-14-9(2)16-18(4)10(14)3/h6-8,17H,5,15H2,1-4H3. The molecule has 0 atom stereocenters. The van der Waals surface area contributed by atoms with E-state index < -0.39 is 10.0 Å². The van der Waals surface area contributed by atoms with Gasteiger partial charge in [-0.1, -0.05) is 13.0 Å². The number of aromatic nitrogens is 2. The fraction of sp³-hybridized carbons (Fsp3) is 0.357. The largest absolute Gasteiger partial charge is 0.398 e. The van der Waals surface area contributed by atoms with E-state index in [4.69, 9.17) is 5.73 Å². The Hall–Kier alpha value is -2.02.